The fourth-order valence-electron chi connectivity index (χ4n) is 4.57. The van der Waals surface area contributed by atoms with Crippen molar-refractivity contribution in [2.24, 2.45) is 0 Å². The SMILES string of the molecule is O=S(=O)(Nc1ccc(-c2ccc(N3CCCCC3)nn2)cc1)c1ccc2c(c1)CCCC2. The van der Waals surface area contributed by atoms with Gasteiger partial charge in [-0.2, -0.15) is 0 Å². The third-order valence-corrected chi connectivity index (χ3v) is 7.77. The van der Waals surface area contributed by atoms with Gasteiger partial charge in [0, 0.05) is 24.3 Å². The van der Waals surface area contributed by atoms with Gasteiger partial charge in [0.1, 0.15) is 0 Å². The molecule has 0 saturated carbocycles. The molecule has 7 heteroatoms. The predicted octanol–water partition coefficient (Wildman–Crippen LogP) is 4.81. The quantitative estimate of drug-likeness (QED) is 0.606. The number of piperidine rings is 1. The number of benzene rings is 2. The molecule has 1 saturated heterocycles. The van der Waals surface area contributed by atoms with Crippen molar-refractivity contribution < 1.29 is 8.42 Å². The molecule has 6 nitrogen and oxygen atoms in total. The monoisotopic (exact) mass is 448 g/mol. The van der Waals surface area contributed by atoms with E-state index in [4.69, 9.17) is 0 Å². The number of rotatable bonds is 5. The molecule has 1 N–H and O–H groups in total. The summed E-state index contributed by atoms with van der Waals surface area (Å²) in [6.07, 6.45) is 7.96. The second-order valence-corrected chi connectivity index (χ2v) is 10.3. The Bertz CT molecular complexity index is 1190. The fourth-order valence-corrected chi connectivity index (χ4v) is 5.68. The minimum atomic E-state index is -3.63. The number of aromatic nitrogens is 2. The zero-order valence-corrected chi connectivity index (χ0v) is 18.9. The Morgan fingerprint density at radius 2 is 1.50 bits per heavy atom. The van der Waals surface area contributed by atoms with Crippen LogP contribution in [0.15, 0.2) is 59.5 Å². The van der Waals surface area contributed by atoms with Crippen LogP contribution >= 0.6 is 0 Å². The van der Waals surface area contributed by atoms with E-state index in [1.807, 2.05) is 36.4 Å². The van der Waals surface area contributed by atoms with E-state index in [0.29, 0.717) is 10.6 Å². The Hall–Kier alpha value is -2.93. The van der Waals surface area contributed by atoms with Gasteiger partial charge in [0.15, 0.2) is 5.82 Å². The van der Waals surface area contributed by atoms with Crippen LogP contribution in [0.3, 0.4) is 0 Å². The molecule has 1 aliphatic heterocycles. The third kappa shape index (κ3) is 4.48. The van der Waals surface area contributed by atoms with E-state index in [9.17, 15) is 8.42 Å². The number of aryl methyl sites for hydroxylation is 2. The average molecular weight is 449 g/mol. The van der Waals surface area contributed by atoms with Crippen molar-refractivity contribution in [3.05, 3.63) is 65.7 Å². The van der Waals surface area contributed by atoms with E-state index >= 15 is 0 Å². The third-order valence-electron chi connectivity index (χ3n) is 6.39. The second-order valence-electron chi connectivity index (χ2n) is 8.64. The molecule has 166 valence electrons. The highest BCUT2D eigenvalue weighted by atomic mass is 32.2. The van der Waals surface area contributed by atoms with Crippen LogP contribution in [0, 0.1) is 0 Å². The first-order chi connectivity index (χ1) is 15.6. The number of sulfonamides is 1. The average Bonchev–Trinajstić information content (AvgIpc) is 2.85. The number of anilines is 2. The maximum absolute atomic E-state index is 12.9. The van der Waals surface area contributed by atoms with Crippen LogP contribution in [0.25, 0.3) is 11.3 Å². The Morgan fingerprint density at radius 3 is 2.22 bits per heavy atom. The highest BCUT2D eigenvalue weighted by molar-refractivity contribution is 7.92. The smallest absolute Gasteiger partial charge is 0.261 e. The highest BCUT2D eigenvalue weighted by Gasteiger charge is 2.18. The first-order valence-corrected chi connectivity index (χ1v) is 12.9. The predicted molar refractivity (Wildman–Crippen MR) is 127 cm³/mol. The van der Waals surface area contributed by atoms with Gasteiger partial charge in [0.2, 0.25) is 0 Å². The van der Waals surface area contributed by atoms with E-state index < -0.39 is 10.0 Å². The Kier molecular flexibility index (Phi) is 5.83. The van der Waals surface area contributed by atoms with Crippen molar-refractivity contribution in [1.82, 2.24) is 10.2 Å². The summed E-state index contributed by atoms with van der Waals surface area (Å²) in [5, 5.41) is 8.79. The molecule has 0 radical (unpaired) electrons. The van der Waals surface area contributed by atoms with Gasteiger partial charge in [0.25, 0.3) is 10.0 Å². The van der Waals surface area contributed by atoms with Crippen LogP contribution in [0.1, 0.15) is 43.2 Å². The standard InChI is InChI=1S/C25H28N4O2S/c30-32(31,23-13-10-19-6-2-3-7-21(19)18-23)28-22-11-8-20(9-12-22)24-14-15-25(27-26-24)29-16-4-1-5-17-29/h8-15,18,28H,1-7,16-17H2. The zero-order valence-electron chi connectivity index (χ0n) is 18.1. The molecule has 1 aromatic heterocycles. The van der Waals surface area contributed by atoms with Gasteiger partial charge in [-0.05, 0) is 92.5 Å². The summed E-state index contributed by atoms with van der Waals surface area (Å²) in [5.74, 6) is 0.919. The van der Waals surface area contributed by atoms with Crippen molar-refractivity contribution in [1.29, 1.82) is 0 Å². The minimum absolute atomic E-state index is 0.321. The lowest BCUT2D eigenvalue weighted by molar-refractivity contribution is 0.571. The van der Waals surface area contributed by atoms with Gasteiger partial charge in [-0.25, -0.2) is 8.42 Å². The van der Waals surface area contributed by atoms with Gasteiger partial charge >= 0.3 is 0 Å². The van der Waals surface area contributed by atoms with Crippen molar-refractivity contribution in [3.63, 3.8) is 0 Å². The van der Waals surface area contributed by atoms with E-state index in [0.717, 1.165) is 55.0 Å². The lowest BCUT2D eigenvalue weighted by Gasteiger charge is -2.27. The van der Waals surface area contributed by atoms with E-state index in [2.05, 4.69) is 19.8 Å². The summed E-state index contributed by atoms with van der Waals surface area (Å²) in [5.41, 5.74) is 4.63. The number of nitrogens with zero attached hydrogens (tertiary/aromatic N) is 3. The van der Waals surface area contributed by atoms with Gasteiger partial charge < -0.3 is 4.90 Å². The van der Waals surface area contributed by atoms with E-state index in [1.165, 1.54) is 31.2 Å². The molecule has 2 aliphatic rings. The van der Waals surface area contributed by atoms with Crippen LogP contribution in [0.5, 0.6) is 0 Å². The molecule has 0 atom stereocenters. The van der Waals surface area contributed by atoms with Crippen LogP contribution in [-0.2, 0) is 22.9 Å². The van der Waals surface area contributed by atoms with Gasteiger partial charge in [-0.1, -0.05) is 18.2 Å². The van der Waals surface area contributed by atoms with Gasteiger partial charge in [-0.15, -0.1) is 10.2 Å². The zero-order chi connectivity index (χ0) is 22.0. The topological polar surface area (TPSA) is 75.2 Å². The molecular formula is C25H28N4O2S. The molecular weight excluding hydrogens is 420 g/mol. The first kappa shape index (κ1) is 20.9. The maximum atomic E-state index is 12.9. The number of hydrogen-bond donors (Lipinski definition) is 1. The fraction of sp³-hybridized carbons (Fsp3) is 0.360. The molecule has 2 heterocycles. The second kappa shape index (κ2) is 8.90. The number of nitrogens with one attached hydrogen (secondary N) is 1. The largest absolute Gasteiger partial charge is 0.355 e. The normalized spacial score (nSPS) is 16.4. The van der Waals surface area contributed by atoms with Crippen LogP contribution in [0.4, 0.5) is 11.5 Å². The van der Waals surface area contributed by atoms with Crippen molar-refractivity contribution in [3.8, 4) is 11.3 Å². The Balaban J connectivity index is 1.29. The molecule has 5 rings (SSSR count). The van der Waals surface area contributed by atoms with Gasteiger partial charge in [0.05, 0.1) is 10.6 Å². The molecule has 32 heavy (non-hydrogen) atoms. The molecule has 0 unspecified atom stereocenters. The summed E-state index contributed by atoms with van der Waals surface area (Å²) in [4.78, 5) is 2.60. The number of hydrogen-bond acceptors (Lipinski definition) is 5. The van der Waals surface area contributed by atoms with Crippen molar-refractivity contribution in [2.75, 3.05) is 22.7 Å². The van der Waals surface area contributed by atoms with E-state index in [1.54, 1.807) is 18.2 Å². The van der Waals surface area contributed by atoms with Gasteiger partial charge in [-0.3, -0.25) is 4.72 Å². The molecule has 2 aromatic carbocycles. The summed E-state index contributed by atoms with van der Waals surface area (Å²) >= 11 is 0. The van der Waals surface area contributed by atoms with Crippen molar-refractivity contribution >= 4 is 21.5 Å². The van der Waals surface area contributed by atoms with Crippen LogP contribution in [-0.4, -0.2) is 31.7 Å². The van der Waals surface area contributed by atoms with Crippen LogP contribution < -0.4 is 9.62 Å². The summed E-state index contributed by atoms with van der Waals surface area (Å²) in [6.45, 7) is 2.07. The Morgan fingerprint density at radius 1 is 0.750 bits per heavy atom. The van der Waals surface area contributed by atoms with Crippen LogP contribution in [0.2, 0.25) is 0 Å². The Labute approximate surface area is 189 Å². The molecule has 1 fully saturated rings. The molecule has 0 spiro atoms. The summed E-state index contributed by atoms with van der Waals surface area (Å²) < 4.78 is 28.5. The molecule has 0 amide bonds. The lowest BCUT2D eigenvalue weighted by atomic mass is 9.92. The van der Waals surface area contributed by atoms with Crippen molar-refractivity contribution in [2.45, 2.75) is 49.8 Å². The maximum Gasteiger partial charge on any atom is 0.261 e. The lowest BCUT2D eigenvalue weighted by Crippen LogP contribution is -2.30. The minimum Gasteiger partial charge on any atom is -0.355 e. The van der Waals surface area contributed by atoms with E-state index in [-0.39, 0.29) is 0 Å². The number of fused-ring (bicyclic) bond motifs is 1. The molecule has 0 bridgehead atoms. The summed E-state index contributed by atoms with van der Waals surface area (Å²) in [7, 11) is -3.63. The molecule has 3 aromatic rings. The highest BCUT2D eigenvalue weighted by Crippen LogP contribution is 2.26. The first-order valence-electron chi connectivity index (χ1n) is 11.4. The molecule has 1 aliphatic carbocycles. The summed E-state index contributed by atoms with van der Waals surface area (Å²) in [6, 6.07) is 16.8.